The molecule has 76 valence electrons. The van der Waals surface area contributed by atoms with Crippen LogP contribution in [0.4, 0.5) is 5.69 Å². The van der Waals surface area contributed by atoms with E-state index >= 15 is 0 Å². The first kappa shape index (κ1) is 10.8. The van der Waals surface area contributed by atoms with Crippen LogP contribution in [0.2, 0.25) is 0 Å². The summed E-state index contributed by atoms with van der Waals surface area (Å²) in [6, 6.07) is 8.31. The lowest BCUT2D eigenvalue weighted by atomic mass is 10.1. The molecule has 0 saturated heterocycles. The number of allylic oxidation sites excluding steroid dienone is 1. The number of nitrogens with one attached hydrogen (secondary N) is 1. The van der Waals surface area contributed by atoms with Crippen LogP contribution in [-0.2, 0) is 6.42 Å². The second-order valence-corrected chi connectivity index (χ2v) is 3.14. The molecule has 1 rings (SSSR count). The Morgan fingerprint density at radius 1 is 1.36 bits per heavy atom. The summed E-state index contributed by atoms with van der Waals surface area (Å²) in [7, 11) is 1.92. The Balaban J connectivity index is 2.50. The first-order valence-electron chi connectivity index (χ1n) is 4.89. The van der Waals surface area contributed by atoms with E-state index in [9.17, 15) is 0 Å². The molecule has 2 nitrogen and oxygen atoms in total. The monoisotopic (exact) mass is 191 g/mol. The van der Waals surface area contributed by atoms with Gasteiger partial charge in [-0.1, -0.05) is 24.3 Å². The molecule has 0 spiro atoms. The molecule has 0 aliphatic heterocycles. The number of hydrogen-bond acceptors (Lipinski definition) is 2. The molecule has 0 aliphatic rings. The van der Waals surface area contributed by atoms with Crippen LogP contribution in [-0.4, -0.2) is 18.8 Å². The van der Waals surface area contributed by atoms with Crippen molar-refractivity contribution < 1.29 is 5.11 Å². The zero-order valence-corrected chi connectivity index (χ0v) is 8.53. The average Bonchev–Trinajstić information content (AvgIpc) is 2.25. The van der Waals surface area contributed by atoms with Gasteiger partial charge in [-0.15, -0.1) is 0 Å². The van der Waals surface area contributed by atoms with Gasteiger partial charge in [0.05, 0.1) is 0 Å². The Morgan fingerprint density at radius 2 is 2.21 bits per heavy atom. The zero-order valence-electron chi connectivity index (χ0n) is 8.53. The summed E-state index contributed by atoms with van der Waals surface area (Å²) >= 11 is 0. The minimum absolute atomic E-state index is 0.229. The molecule has 0 saturated carbocycles. The fourth-order valence-electron chi connectivity index (χ4n) is 1.27. The highest BCUT2D eigenvalue weighted by atomic mass is 16.2. The number of aliphatic hydroxyl groups is 1. The van der Waals surface area contributed by atoms with Crippen LogP contribution in [0, 0.1) is 0 Å². The van der Waals surface area contributed by atoms with Crippen molar-refractivity contribution in [2.45, 2.75) is 12.8 Å². The topological polar surface area (TPSA) is 32.3 Å². The van der Waals surface area contributed by atoms with Gasteiger partial charge in [-0.25, -0.2) is 0 Å². The number of anilines is 1. The molecule has 0 fully saturated rings. The van der Waals surface area contributed by atoms with E-state index in [1.165, 1.54) is 5.56 Å². The highest BCUT2D eigenvalue weighted by Gasteiger charge is 1.91. The third-order valence-electron chi connectivity index (χ3n) is 2.03. The van der Waals surface area contributed by atoms with Gasteiger partial charge in [-0.3, -0.25) is 0 Å². The molecule has 14 heavy (non-hydrogen) atoms. The molecule has 0 heterocycles. The fourth-order valence-corrected chi connectivity index (χ4v) is 1.27. The molecule has 0 aromatic heterocycles. The Hall–Kier alpha value is -1.28. The molecule has 2 N–H and O–H groups in total. The first-order valence-corrected chi connectivity index (χ1v) is 4.89. The van der Waals surface area contributed by atoms with Gasteiger partial charge < -0.3 is 10.4 Å². The second kappa shape index (κ2) is 6.22. The summed E-state index contributed by atoms with van der Waals surface area (Å²) < 4.78 is 0. The van der Waals surface area contributed by atoms with Gasteiger partial charge in [0, 0.05) is 19.3 Å². The summed E-state index contributed by atoms with van der Waals surface area (Å²) in [5.74, 6) is 0. The van der Waals surface area contributed by atoms with Gasteiger partial charge in [0.25, 0.3) is 0 Å². The van der Waals surface area contributed by atoms with Crippen molar-refractivity contribution >= 4 is 5.69 Å². The molecule has 1 aromatic carbocycles. The maximum atomic E-state index is 8.58. The molecule has 0 unspecified atom stereocenters. The van der Waals surface area contributed by atoms with Gasteiger partial charge in [0.2, 0.25) is 0 Å². The largest absolute Gasteiger partial charge is 0.396 e. The van der Waals surface area contributed by atoms with E-state index in [4.69, 9.17) is 5.11 Å². The van der Waals surface area contributed by atoms with Crippen LogP contribution < -0.4 is 5.32 Å². The third kappa shape index (κ3) is 3.62. The van der Waals surface area contributed by atoms with Crippen molar-refractivity contribution in [3.8, 4) is 0 Å². The van der Waals surface area contributed by atoms with Crippen LogP contribution in [0.5, 0.6) is 0 Å². The Labute approximate surface area is 85.3 Å². The first-order chi connectivity index (χ1) is 6.86. The third-order valence-corrected chi connectivity index (χ3v) is 2.03. The minimum Gasteiger partial charge on any atom is -0.396 e. The van der Waals surface area contributed by atoms with E-state index in [-0.39, 0.29) is 6.61 Å². The standard InChI is InChI=1S/C12H17NO/c1-13-12-8-5-7-11(10-12)6-3-2-4-9-14/h2-3,5,7-8,10,13-14H,4,6,9H2,1H3. The lowest BCUT2D eigenvalue weighted by Gasteiger charge is -2.01. The molecule has 0 radical (unpaired) electrons. The predicted octanol–water partition coefficient (Wildman–Crippen LogP) is 2.21. The SMILES string of the molecule is CNc1cccc(CC=CCCO)c1. The molecular formula is C12H17NO. The van der Waals surface area contributed by atoms with Gasteiger partial charge in [0.1, 0.15) is 0 Å². The Morgan fingerprint density at radius 3 is 2.93 bits per heavy atom. The maximum Gasteiger partial charge on any atom is 0.0465 e. The van der Waals surface area contributed by atoms with E-state index in [1.807, 2.05) is 25.3 Å². The number of hydrogen-bond donors (Lipinski definition) is 2. The van der Waals surface area contributed by atoms with E-state index in [0.29, 0.717) is 0 Å². The smallest absolute Gasteiger partial charge is 0.0465 e. The van der Waals surface area contributed by atoms with E-state index in [0.717, 1.165) is 18.5 Å². The molecule has 0 bridgehead atoms. The summed E-state index contributed by atoms with van der Waals surface area (Å²) in [6.07, 6.45) is 5.76. The highest BCUT2D eigenvalue weighted by molar-refractivity contribution is 5.45. The van der Waals surface area contributed by atoms with Gasteiger partial charge >= 0.3 is 0 Å². The van der Waals surface area contributed by atoms with Crippen molar-refractivity contribution in [1.82, 2.24) is 0 Å². The highest BCUT2D eigenvalue weighted by Crippen LogP contribution is 2.10. The molecule has 1 aromatic rings. The maximum absolute atomic E-state index is 8.58. The minimum atomic E-state index is 0.229. The summed E-state index contributed by atoms with van der Waals surface area (Å²) in [5, 5.41) is 11.7. The number of rotatable bonds is 5. The zero-order chi connectivity index (χ0) is 10.2. The summed E-state index contributed by atoms with van der Waals surface area (Å²) in [5.41, 5.74) is 2.42. The van der Waals surface area contributed by atoms with Crippen LogP contribution >= 0.6 is 0 Å². The normalized spacial score (nSPS) is 10.7. The number of benzene rings is 1. The van der Waals surface area contributed by atoms with E-state index in [2.05, 4.69) is 23.5 Å². The second-order valence-electron chi connectivity index (χ2n) is 3.14. The van der Waals surface area contributed by atoms with E-state index < -0.39 is 0 Å². The van der Waals surface area contributed by atoms with Gasteiger partial charge in [-0.05, 0) is 30.5 Å². The van der Waals surface area contributed by atoms with Crippen LogP contribution in [0.1, 0.15) is 12.0 Å². The van der Waals surface area contributed by atoms with Crippen molar-refractivity contribution in [1.29, 1.82) is 0 Å². The summed E-state index contributed by atoms with van der Waals surface area (Å²) in [6.45, 7) is 0.229. The number of aliphatic hydroxyl groups excluding tert-OH is 1. The summed E-state index contributed by atoms with van der Waals surface area (Å²) in [4.78, 5) is 0. The fraction of sp³-hybridized carbons (Fsp3) is 0.333. The van der Waals surface area contributed by atoms with Crippen molar-refractivity contribution in [2.24, 2.45) is 0 Å². The average molecular weight is 191 g/mol. The molecule has 0 atom stereocenters. The lowest BCUT2D eigenvalue weighted by Crippen LogP contribution is -1.89. The van der Waals surface area contributed by atoms with Gasteiger partial charge in [-0.2, -0.15) is 0 Å². The molecular weight excluding hydrogens is 174 g/mol. The van der Waals surface area contributed by atoms with Crippen LogP contribution in [0.3, 0.4) is 0 Å². The van der Waals surface area contributed by atoms with Gasteiger partial charge in [0.15, 0.2) is 0 Å². The van der Waals surface area contributed by atoms with Crippen molar-refractivity contribution in [2.75, 3.05) is 19.0 Å². The quantitative estimate of drug-likeness (QED) is 0.699. The van der Waals surface area contributed by atoms with Crippen molar-refractivity contribution in [3.63, 3.8) is 0 Å². The Bertz CT molecular complexity index is 294. The lowest BCUT2D eigenvalue weighted by molar-refractivity contribution is 0.302. The van der Waals surface area contributed by atoms with Crippen LogP contribution in [0.15, 0.2) is 36.4 Å². The van der Waals surface area contributed by atoms with Crippen LogP contribution in [0.25, 0.3) is 0 Å². The molecule has 2 heteroatoms. The molecule has 0 amide bonds. The molecule has 0 aliphatic carbocycles. The predicted molar refractivity (Wildman–Crippen MR) is 60.5 cm³/mol. The van der Waals surface area contributed by atoms with E-state index in [1.54, 1.807) is 0 Å². The Kier molecular flexibility index (Phi) is 4.79. The van der Waals surface area contributed by atoms with Crippen molar-refractivity contribution in [3.05, 3.63) is 42.0 Å².